The fourth-order valence-corrected chi connectivity index (χ4v) is 3.49. The van der Waals surface area contributed by atoms with Crippen molar-refractivity contribution in [1.82, 2.24) is 4.90 Å². The second-order valence-corrected chi connectivity index (χ2v) is 6.62. The van der Waals surface area contributed by atoms with Gasteiger partial charge in [-0.15, -0.1) is 0 Å². The average Bonchev–Trinajstić information content (AvgIpc) is 2.73. The van der Waals surface area contributed by atoms with Crippen LogP contribution in [0.1, 0.15) is 15.9 Å². The van der Waals surface area contributed by atoms with Crippen molar-refractivity contribution in [2.24, 2.45) is 0 Å². The summed E-state index contributed by atoms with van der Waals surface area (Å²) in [7, 11) is 4.86. The van der Waals surface area contributed by atoms with Crippen molar-refractivity contribution < 1.29 is 23.9 Å². The lowest BCUT2D eigenvalue weighted by Gasteiger charge is -2.32. The third-order valence-electron chi connectivity index (χ3n) is 4.96. The number of quaternary nitrogens is 1. The molecule has 1 aliphatic heterocycles. The molecule has 0 aliphatic carbocycles. The summed E-state index contributed by atoms with van der Waals surface area (Å²) in [6.45, 7) is 4.19. The molecule has 1 amide bonds. The number of benzene rings is 2. The van der Waals surface area contributed by atoms with Crippen molar-refractivity contribution in [2.75, 3.05) is 47.5 Å². The normalized spacial score (nSPS) is 14.7. The maximum Gasteiger partial charge on any atom is 0.254 e. The van der Waals surface area contributed by atoms with Gasteiger partial charge in [0.15, 0.2) is 11.5 Å². The Morgan fingerprint density at radius 2 is 1.56 bits per heavy atom. The fraction of sp³-hybridized carbons (Fsp3) is 0.381. The van der Waals surface area contributed by atoms with Crippen LogP contribution in [-0.4, -0.2) is 58.3 Å². The van der Waals surface area contributed by atoms with E-state index in [2.05, 4.69) is 0 Å². The van der Waals surface area contributed by atoms with Crippen molar-refractivity contribution in [3.8, 4) is 17.2 Å². The van der Waals surface area contributed by atoms with Gasteiger partial charge in [0.05, 0.1) is 47.5 Å². The molecule has 0 atom stereocenters. The van der Waals surface area contributed by atoms with Gasteiger partial charge in [-0.2, -0.15) is 0 Å². The Labute approximate surface area is 160 Å². The van der Waals surface area contributed by atoms with Gasteiger partial charge in [0, 0.05) is 11.1 Å². The highest BCUT2D eigenvalue weighted by Gasteiger charge is 2.25. The second kappa shape index (κ2) is 8.77. The van der Waals surface area contributed by atoms with E-state index in [1.165, 1.54) is 4.90 Å². The van der Waals surface area contributed by atoms with Gasteiger partial charge in [0.25, 0.3) is 5.91 Å². The third-order valence-corrected chi connectivity index (χ3v) is 4.96. The summed E-state index contributed by atoms with van der Waals surface area (Å²) in [6.07, 6.45) is 0. The Kier molecular flexibility index (Phi) is 6.19. The van der Waals surface area contributed by atoms with Crippen LogP contribution in [0.4, 0.5) is 0 Å². The highest BCUT2D eigenvalue weighted by Crippen LogP contribution is 2.37. The number of nitrogens with one attached hydrogen (secondary N) is 1. The molecule has 2 aromatic rings. The molecule has 0 bridgehead atoms. The van der Waals surface area contributed by atoms with Crippen LogP contribution in [0.25, 0.3) is 0 Å². The molecule has 0 spiro atoms. The molecule has 0 saturated carbocycles. The molecule has 1 saturated heterocycles. The monoisotopic (exact) mass is 371 g/mol. The molecule has 27 heavy (non-hydrogen) atoms. The Morgan fingerprint density at radius 3 is 2.07 bits per heavy atom. The summed E-state index contributed by atoms with van der Waals surface area (Å²) < 4.78 is 16.3. The average molecular weight is 371 g/mol. The summed E-state index contributed by atoms with van der Waals surface area (Å²) in [6, 6.07) is 13.5. The molecule has 0 unspecified atom stereocenters. The number of hydrogen-bond acceptors (Lipinski definition) is 4. The first kappa shape index (κ1) is 19.0. The zero-order valence-electron chi connectivity index (χ0n) is 16.2. The molecule has 6 nitrogen and oxygen atoms in total. The van der Waals surface area contributed by atoms with Gasteiger partial charge in [-0.05, 0) is 24.3 Å². The Balaban J connectivity index is 1.63. The fourth-order valence-electron chi connectivity index (χ4n) is 3.49. The van der Waals surface area contributed by atoms with Crippen LogP contribution in [-0.2, 0) is 6.54 Å². The summed E-state index contributed by atoms with van der Waals surface area (Å²) in [4.78, 5) is 15.9. The summed E-state index contributed by atoms with van der Waals surface area (Å²) in [5.74, 6) is 2.06. The van der Waals surface area contributed by atoms with Crippen LogP contribution in [0.2, 0.25) is 0 Å². The Bertz CT molecular complexity index is 746. The molecule has 3 rings (SSSR count). The summed E-state index contributed by atoms with van der Waals surface area (Å²) in [5, 5.41) is 0. The predicted molar refractivity (Wildman–Crippen MR) is 103 cm³/mol. The largest absolute Gasteiger partial charge is 0.493 e. The van der Waals surface area contributed by atoms with Crippen LogP contribution in [0.15, 0.2) is 42.5 Å². The van der Waals surface area contributed by atoms with Gasteiger partial charge in [0.2, 0.25) is 5.75 Å². The van der Waals surface area contributed by atoms with Crippen LogP contribution < -0.4 is 19.1 Å². The van der Waals surface area contributed by atoms with Crippen molar-refractivity contribution in [1.29, 1.82) is 0 Å². The molecule has 0 aromatic heterocycles. The van der Waals surface area contributed by atoms with Crippen LogP contribution in [0, 0.1) is 0 Å². The number of hydrogen-bond donors (Lipinski definition) is 1. The van der Waals surface area contributed by atoms with E-state index in [-0.39, 0.29) is 5.91 Å². The molecule has 1 fully saturated rings. The molecule has 0 radical (unpaired) electrons. The number of carbonyl (C=O) groups is 1. The third kappa shape index (κ3) is 4.34. The zero-order valence-corrected chi connectivity index (χ0v) is 16.2. The topological polar surface area (TPSA) is 52.4 Å². The van der Waals surface area contributed by atoms with E-state index < -0.39 is 0 Å². The minimum Gasteiger partial charge on any atom is -0.493 e. The minimum atomic E-state index is 0.113. The first-order chi connectivity index (χ1) is 13.2. The lowest BCUT2D eigenvalue weighted by atomic mass is 10.1. The second-order valence-electron chi connectivity index (χ2n) is 6.62. The molecular weight excluding hydrogens is 344 g/mol. The van der Waals surface area contributed by atoms with Crippen molar-refractivity contribution in [3.05, 3.63) is 53.6 Å². The zero-order chi connectivity index (χ0) is 19.2. The van der Waals surface area contributed by atoms with Gasteiger partial charge in [-0.25, -0.2) is 0 Å². The summed E-state index contributed by atoms with van der Waals surface area (Å²) >= 11 is 0. The number of nitrogens with zero attached hydrogens (tertiary/aromatic N) is 1. The number of ether oxygens (including phenoxy) is 3. The van der Waals surface area contributed by atoms with E-state index in [0.717, 1.165) is 43.9 Å². The summed E-state index contributed by atoms with van der Waals surface area (Å²) in [5.41, 5.74) is 1.88. The lowest BCUT2D eigenvalue weighted by molar-refractivity contribution is -0.917. The number of amides is 1. The first-order valence-corrected chi connectivity index (χ1v) is 9.13. The van der Waals surface area contributed by atoms with Crippen molar-refractivity contribution in [3.63, 3.8) is 0 Å². The Morgan fingerprint density at radius 1 is 0.963 bits per heavy atom. The lowest BCUT2D eigenvalue weighted by Crippen LogP contribution is -3.13. The van der Waals surface area contributed by atoms with Crippen molar-refractivity contribution >= 4 is 5.91 Å². The molecule has 6 heteroatoms. The maximum atomic E-state index is 12.6. The molecule has 1 aliphatic rings. The standard InChI is InChI=1S/C21H26N2O4/c1-25-18-13-16(14-19(26-2)20(18)27-3)15-22-9-11-23(12-10-22)21(24)17-7-5-4-6-8-17/h4-8,13-14H,9-12,15H2,1-3H3/p+1. The van der Waals surface area contributed by atoms with Crippen molar-refractivity contribution in [2.45, 2.75) is 6.54 Å². The molecule has 1 N–H and O–H groups in total. The van der Waals surface area contributed by atoms with E-state index in [4.69, 9.17) is 14.2 Å². The molecule has 1 heterocycles. The quantitative estimate of drug-likeness (QED) is 0.831. The number of piperazine rings is 1. The van der Waals surface area contributed by atoms with Crippen LogP contribution in [0.5, 0.6) is 17.2 Å². The highest BCUT2D eigenvalue weighted by atomic mass is 16.5. The van der Waals surface area contributed by atoms with E-state index >= 15 is 0 Å². The number of carbonyl (C=O) groups excluding carboxylic acids is 1. The maximum absolute atomic E-state index is 12.6. The van der Waals surface area contributed by atoms with E-state index in [0.29, 0.717) is 17.2 Å². The van der Waals surface area contributed by atoms with Crippen LogP contribution in [0.3, 0.4) is 0 Å². The van der Waals surface area contributed by atoms with Gasteiger partial charge >= 0.3 is 0 Å². The smallest absolute Gasteiger partial charge is 0.254 e. The van der Waals surface area contributed by atoms with Gasteiger partial charge in [0.1, 0.15) is 6.54 Å². The molecular formula is C21H27N2O4+. The number of rotatable bonds is 6. The van der Waals surface area contributed by atoms with E-state index in [1.807, 2.05) is 47.4 Å². The SMILES string of the molecule is COc1cc(C[NH+]2CCN(C(=O)c3ccccc3)CC2)cc(OC)c1OC. The minimum absolute atomic E-state index is 0.113. The van der Waals surface area contributed by atoms with E-state index in [1.54, 1.807) is 21.3 Å². The predicted octanol–water partition coefficient (Wildman–Crippen LogP) is 1.25. The van der Waals surface area contributed by atoms with Crippen LogP contribution >= 0.6 is 0 Å². The number of methoxy groups -OCH3 is 3. The Hall–Kier alpha value is -2.73. The highest BCUT2D eigenvalue weighted by molar-refractivity contribution is 5.94. The van der Waals surface area contributed by atoms with Gasteiger partial charge < -0.3 is 24.0 Å². The first-order valence-electron chi connectivity index (χ1n) is 9.13. The van der Waals surface area contributed by atoms with Gasteiger partial charge in [-0.1, -0.05) is 18.2 Å². The van der Waals surface area contributed by atoms with E-state index in [9.17, 15) is 4.79 Å². The molecule has 2 aromatic carbocycles. The van der Waals surface area contributed by atoms with Gasteiger partial charge in [-0.3, -0.25) is 4.79 Å². The molecule has 144 valence electrons.